The number of sulfonamides is 1. The van der Waals surface area contributed by atoms with Crippen molar-refractivity contribution in [1.82, 2.24) is 29.9 Å². The molecule has 0 unspecified atom stereocenters. The van der Waals surface area contributed by atoms with Crippen molar-refractivity contribution >= 4 is 54.1 Å². The molecule has 1 amide bonds. The first-order valence-electron chi connectivity index (χ1n) is 20.0. The molecule has 1 aliphatic heterocycles. The van der Waals surface area contributed by atoms with Crippen molar-refractivity contribution in [2.75, 3.05) is 24.2 Å². The molecule has 4 heterocycles. The Kier molecular flexibility index (Phi) is 11.6. The second-order valence-corrected chi connectivity index (χ2v) is 21.7. The Balaban J connectivity index is 1.32. The van der Waals surface area contributed by atoms with Crippen LogP contribution < -0.4 is 10.0 Å². The maximum atomic E-state index is 15.5. The number of halogens is 7. The fourth-order valence-corrected chi connectivity index (χ4v) is 10.6. The molecule has 3 aromatic heterocycles. The maximum absolute atomic E-state index is 15.5. The zero-order valence-electron chi connectivity index (χ0n) is 34.5. The third kappa shape index (κ3) is 8.56. The van der Waals surface area contributed by atoms with E-state index in [0.717, 1.165) is 18.4 Å². The van der Waals surface area contributed by atoms with Crippen molar-refractivity contribution < 1.29 is 52.7 Å². The third-order valence-corrected chi connectivity index (χ3v) is 15.2. The van der Waals surface area contributed by atoms with Crippen LogP contribution in [0.2, 0.25) is 5.02 Å². The zero-order chi connectivity index (χ0) is 46.3. The number of ether oxygens (including phenoxy) is 1. The number of fused-ring (bicyclic) bond motifs is 2. The van der Waals surface area contributed by atoms with E-state index in [0.29, 0.717) is 29.2 Å². The van der Waals surface area contributed by atoms with Gasteiger partial charge in [-0.25, -0.2) is 39.4 Å². The lowest BCUT2D eigenvalue weighted by Gasteiger charge is -2.28. The van der Waals surface area contributed by atoms with Crippen LogP contribution >= 0.6 is 11.6 Å². The van der Waals surface area contributed by atoms with Crippen LogP contribution in [0, 0.1) is 29.4 Å². The number of hydrogen-bond donors (Lipinski definition) is 2. The lowest BCUT2D eigenvalue weighted by Crippen LogP contribution is -2.35. The lowest BCUT2D eigenvalue weighted by atomic mass is 9.93. The maximum Gasteiger partial charge on any atom is 0.292 e. The van der Waals surface area contributed by atoms with E-state index in [1.54, 1.807) is 6.07 Å². The number of benzene rings is 2. The number of hydrogen-bond acceptors (Lipinski definition) is 9. The SMILES string of the molecule is C[C@@H]1Cc2c(C(F)F)nn(CC(=O)N[C@@H](Cc3cc(F)cc(F)c3)c3nc(C#CC(C)(C)S(=O)(=O)C4CC4)ccc3-c3ccc(Cl)c4c(NS(C)(=O)=O)nn(C5COC5)c34)c2C1(F)F. The molecular weight excluding hydrogens is 912 g/mol. The minimum absolute atomic E-state index is 0.00146. The van der Waals surface area contributed by atoms with E-state index >= 15 is 8.78 Å². The van der Waals surface area contributed by atoms with Gasteiger partial charge in [0.05, 0.1) is 58.4 Å². The quantitative estimate of drug-likeness (QED) is 0.0917. The van der Waals surface area contributed by atoms with Crippen LogP contribution in [0.5, 0.6) is 0 Å². The summed E-state index contributed by atoms with van der Waals surface area (Å²) in [4.78, 5) is 19.0. The molecule has 22 heteroatoms. The molecular formula is C42H40ClF6N7O6S2. The smallest absolute Gasteiger partial charge is 0.292 e. The number of amides is 1. The van der Waals surface area contributed by atoms with Crippen LogP contribution in [-0.2, 0) is 54.7 Å². The van der Waals surface area contributed by atoms with Crippen LogP contribution in [0.25, 0.3) is 22.0 Å². The number of carbonyl (C=O) groups excluding carboxylic acids is 1. The first-order valence-corrected chi connectivity index (χ1v) is 23.8. The van der Waals surface area contributed by atoms with Gasteiger partial charge in [0.15, 0.2) is 15.7 Å². The van der Waals surface area contributed by atoms with Gasteiger partial charge in [0.2, 0.25) is 15.9 Å². The van der Waals surface area contributed by atoms with Gasteiger partial charge in [-0.1, -0.05) is 30.5 Å². The predicted molar refractivity (Wildman–Crippen MR) is 224 cm³/mol. The van der Waals surface area contributed by atoms with Gasteiger partial charge in [-0.3, -0.25) is 18.9 Å². The summed E-state index contributed by atoms with van der Waals surface area (Å²) in [6.07, 6.45) is -2.12. The molecule has 1 saturated carbocycles. The number of anilines is 1. The molecule has 0 bridgehead atoms. The molecule has 2 N–H and O–H groups in total. The Morgan fingerprint density at radius 3 is 2.30 bits per heavy atom. The summed E-state index contributed by atoms with van der Waals surface area (Å²) in [5.41, 5.74) is -1.31. The van der Waals surface area contributed by atoms with Crippen molar-refractivity contribution in [1.29, 1.82) is 0 Å². The van der Waals surface area contributed by atoms with Crippen LogP contribution in [0.1, 0.15) is 86.0 Å². The normalized spacial score (nSPS) is 18.1. The molecule has 13 nitrogen and oxygen atoms in total. The minimum Gasteiger partial charge on any atom is -0.377 e. The number of nitrogens with one attached hydrogen (secondary N) is 2. The topological polar surface area (TPSA) is 167 Å². The van der Waals surface area contributed by atoms with E-state index in [1.165, 1.54) is 43.7 Å². The summed E-state index contributed by atoms with van der Waals surface area (Å²) in [7, 11) is -7.61. The van der Waals surface area contributed by atoms with Gasteiger partial charge in [0, 0.05) is 28.7 Å². The van der Waals surface area contributed by atoms with E-state index < -0.39 is 109 Å². The second kappa shape index (κ2) is 16.4. The fourth-order valence-electron chi connectivity index (χ4n) is 8.06. The summed E-state index contributed by atoms with van der Waals surface area (Å²) in [6.45, 7) is 3.50. The Morgan fingerprint density at radius 1 is 1.02 bits per heavy atom. The number of rotatable bonds is 13. The minimum atomic E-state index is -3.91. The average molecular weight is 952 g/mol. The second-order valence-electron chi connectivity index (χ2n) is 16.8. The average Bonchev–Trinajstić information content (AvgIpc) is 3.83. The largest absolute Gasteiger partial charge is 0.377 e. The van der Waals surface area contributed by atoms with Crippen LogP contribution in [0.3, 0.4) is 0 Å². The van der Waals surface area contributed by atoms with Gasteiger partial charge in [-0.15, -0.1) is 0 Å². The molecule has 340 valence electrons. The number of alkyl halides is 4. The molecule has 5 aromatic rings. The Hall–Kier alpha value is -5.17. The highest BCUT2D eigenvalue weighted by Gasteiger charge is 2.52. The first-order chi connectivity index (χ1) is 29.9. The Labute approximate surface area is 368 Å². The van der Waals surface area contributed by atoms with Gasteiger partial charge >= 0.3 is 0 Å². The molecule has 2 aromatic carbocycles. The molecule has 2 atom stereocenters. The van der Waals surface area contributed by atoms with E-state index in [4.69, 9.17) is 21.3 Å². The summed E-state index contributed by atoms with van der Waals surface area (Å²) in [5.74, 6) is -2.42. The summed E-state index contributed by atoms with van der Waals surface area (Å²) in [6, 6.07) is 6.87. The number of carbonyl (C=O) groups is 1. The van der Waals surface area contributed by atoms with E-state index in [1.807, 2.05) is 0 Å². The predicted octanol–water partition coefficient (Wildman–Crippen LogP) is 7.20. The van der Waals surface area contributed by atoms with Crippen LogP contribution in [0.15, 0.2) is 42.5 Å². The van der Waals surface area contributed by atoms with Gasteiger partial charge in [-0.05, 0) is 81.3 Å². The highest BCUT2D eigenvalue weighted by Crippen LogP contribution is 2.48. The standard InChI is InChI=1S/C42H40ClF6N7O6S2/c1-21-13-30-36(39(46)47)52-55(38(30)42(21,48)49)18-33(57)51-32(16-22-14-23(44)17-24(45)15-22)35-28(8-5-25(50-35)11-12-41(2,3)64(60,61)27-6-7-27)29-9-10-31(43)34-37(29)56(26-19-62-20-26)53-40(34)54-63(4,58)59/h5,8-10,14-15,17,21,26-27,32,39H,6-7,13,16,18-20H2,1-4H3,(H,51,57)(H,53,54)/t21-,32+/m1/s1. The number of nitrogens with zero attached hydrogens (tertiary/aromatic N) is 5. The molecule has 2 fully saturated rings. The number of aromatic nitrogens is 5. The summed E-state index contributed by atoms with van der Waals surface area (Å²) in [5, 5.41) is 10.7. The van der Waals surface area contributed by atoms with E-state index in [2.05, 4.69) is 32.1 Å². The van der Waals surface area contributed by atoms with Crippen molar-refractivity contribution in [3.63, 3.8) is 0 Å². The number of sulfone groups is 1. The summed E-state index contributed by atoms with van der Waals surface area (Å²) >= 11 is 6.74. The zero-order valence-corrected chi connectivity index (χ0v) is 36.9. The van der Waals surface area contributed by atoms with Crippen molar-refractivity contribution in [2.24, 2.45) is 5.92 Å². The number of pyridine rings is 1. The Bertz CT molecular complexity index is 2990. The molecule has 1 saturated heterocycles. The summed E-state index contributed by atoms with van der Waals surface area (Å²) < 4.78 is 149. The third-order valence-electron chi connectivity index (χ3n) is 11.5. The van der Waals surface area contributed by atoms with Crippen LogP contribution in [0.4, 0.5) is 32.2 Å². The molecule has 2 aliphatic carbocycles. The van der Waals surface area contributed by atoms with Crippen molar-refractivity contribution in [3.05, 3.63) is 93.0 Å². The van der Waals surface area contributed by atoms with Gasteiger partial charge in [-0.2, -0.15) is 19.0 Å². The molecule has 0 spiro atoms. The first kappa shape index (κ1) is 45.4. The highest BCUT2D eigenvalue weighted by atomic mass is 35.5. The highest BCUT2D eigenvalue weighted by molar-refractivity contribution is 7.93. The van der Waals surface area contributed by atoms with E-state index in [9.17, 15) is 39.2 Å². The monoisotopic (exact) mass is 951 g/mol. The van der Waals surface area contributed by atoms with Gasteiger partial charge in [0.25, 0.3) is 12.3 Å². The Morgan fingerprint density at radius 2 is 1.69 bits per heavy atom. The van der Waals surface area contributed by atoms with Gasteiger partial charge < -0.3 is 10.1 Å². The molecule has 8 rings (SSSR count). The molecule has 3 aliphatic rings. The van der Waals surface area contributed by atoms with Crippen molar-refractivity contribution in [2.45, 2.75) is 87.4 Å². The van der Waals surface area contributed by atoms with Crippen molar-refractivity contribution in [3.8, 4) is 23.0 Å². The van der Waals surface area contributed by atoms with E-state index in [-0.39, 0.29) is 63.0 Å². The van der Waals surface area contributed by atoms with Crippen LogP contribution in [-0.4, -0.2) is 76.8 Å². The lowest BCUT2D eigenvalue weighted by molar-refractivity contribution is -0.123. The fraction of sp³-hybridized carbons (Fsp3) is 0.429. The molecule has 64 heavy (non-hydrogen) atoms. The van der Waals surface area contributed by atoms with Gasteiger partial charge in [0.1, 0.15) is 40.0 Å². The molecule has 0 radical (unpaired) electrons.